The lowest BCUT2D eigenvalue weighted by Crippen LogP contribution is -2.13. The Hall–Kier alpha value is -0.400. The zero-order valence-corrected chi connectivity index (χ0v) is 13.8. The van der Waals surface area contributed by atoms with Crippen molar-refractivity contribution in [3.05, 3.63) is 38.2 Å². The van der Waals surface area contributed by atoms with E-state index in [1.807, 2.05) is 18.2 Å². The Kier molecular flexibility index (Phi) is 5.20. The fourth-order valence-corrected chi connectivity index (χ4v) is 2.49. The Morgan fingerprint density at radius 2 is 2.28 bits per heavy atom. The predicted molar refractivity (Wildman–Crippen MR) is 84.4 cm³/mol. The minimum atomic E-state index is 0.675. The predicted octanol–water partition coefficient (Wildman–Crippen LogP) is 4.21. The van der Waals surface area contributed by atoms with Crippen molar-refractivity contribution >= 4 is 38.5 Å². The molecule has 0 unspecified atom stereocenters. The maximum absolute atomic E-state index is 5.54. The first-order valence-electron chi connectivity index (χ1n) is 5.81. The van der Waals surface area contributed by atoms with Gasteiger partial charge in [-0.25, -0.2) is 4.98 Å². The van der Waals surface area contributed by atoms with Crippen molar-refractivity contribution in [2.75, 3.05) is 6.54 Å². The van der Waals surface area contributed by atoms with Gasteiger partial charge in [0.25, 0.3) is 0 Å². The molecule has 1 heterocycles. The third-order valence-corrected chi connectivity index (χ3v) is 3.88. The van der Waals surface area contributed by atoms with Crippen LogP contribution in [0.2, 0.25) is 0 Å². The molecule has 96 valence electrons. The normalized spacial score (nSPS) is 10.8. The number of aromatic nitrogens is 1. The average molecular weight is 421 g/mol. The summed E-state index contributed by atoms with van der Waals surface area (Å²) in [6.07, 6.45) is 2.84. The Morgan fingerprint density at radius 3 is 3.06 bits per heavy atom. The van der Waals surface area contributed by atoms with Gasteiger partial charge < -0.3 is 9.73 Å². The van der Waals surface area contributed by atoms with Crippen molar-refractivity contribution in [3.8, 4) is 11.5 Å². The van der Waals surface area contributed by atoms with Crippen molar-refractivity contribution in [1.82, 2.24) is 10.3 Å². The van der Waals surface area contributed by atoms with Crippen LogP contribution >= 0.6 is 38.5 Å². The van der Waals surface area contributed by atoms with Gasteiger partial charge in [0.15, 0.2) is 0 Å². The highest BCUT2D eigenvalue weighted by atomic mass is 127. The van der Waals surface area contributed by atoms with Gasteiger partial charge >= 0.3 is 0 Å². The average Bonchev–Trinajstić information content (AvgIpc) is 2.81. The van der Waals surface area contributed by atoms with Crippen LogP contribution < -0.4 is 5.32 Å². The largest absolute Gasteiger partial charge is 0.444 e. The molecule has 0 fully saturated rings. The number of rotatable bonds is 5. The quantitative estimate of drug-likeness (QED) is 0.581. The second-order valence-corrected chi connectivity index (χ2v) is 6.02. The minimum absolute atomic E-state index is 0.675. The van der Waals surface area contributed by atoms with E-state index in [1.54, 1.807) is 6.26 Å². The third-order valence-electron chi connectivity index (χ3n) is 2.44. The molecule has 3 nitrogen and oxygen atoms in total. The van der Waals surface area contributed by atoms with Gasteiger partial charge in [0, 0.05) is 14.6 Å². The molecule has 1 aromatic carbocycles. The maximum Gasteiger partial charge on any atom is 0.227 e. The van der Waals surface area contributed by atoms with E-state index < -0.39 is 0 Å². The number of oxazole rings is 1. The summed E-state index contributed by atoms with van der Waals surface area (Å²) in [5, 5.41) is 3.31. The molecular weight excluding hydrogens is 407 g/mol. The molecule has 0 amide bonds. The van der Waals surface area contributed by atoms with E-state index in [2.05, 4.69) is 55.7 Å². The van der Waals surface area contributed by atoms with Crippen molar-refractivity contribution in [1.29, 1.82) is 0 Å². The molecule has 0 saturated heterocycles. The fourth-order valence-electron chi connectivity index (χ4n) is 1.57. The van der Waals surface area contributed by atoms with Gasteiger partial charge in [0.2, 0.25) is 5.89 Å². The van der Waals surface area contributed by atoms with E-state index in [1.165, 1.54) is 0 Å². The lowest BCUT2D eigenvalue weighted by Gasteiger charge is -2.00. The fraction of sp³-hybridized carbons (Fsp3) is 0.308. The number of halogens is 2. The lowest BCUT2D eigenvalue weighted by atomic mass is 10.2. The summed E-state index contributed by atoms with van der Waals surface area (Å²) in [5.74, 6) is 0.675. The van der Waals surface area contributed by atoms with Crippen LogP contribution in [0.1, 0.15) is 19.0 Å². The highest BCUT2D eigenvalue weighted by Crippen LogP contribution is 2.27. The highest BCUT2D eigenvalue weighted by molar-refractivity contribution is 14.1. The molecule has 0 aliphatic rings. The number of hydrogen-bond donors (Lipinski definition) is 1. The molecule has 0 spiro atoms. The Morgan fingerprint density at radius 1 is 1.44 bits per heavy atom. The highest BCUT2D eigenvalue weighted by Gasteiger charge is 2.10. The molecule has 2 aromatic rings. The molecule has 0 aliphatic carbocycles. The molecule has 2 rings (SSSR count). The van der Waals surface area contributed by atoms with Crippen LogP contribution in [0.3, 0.4) is 0 Å². The van der Waals surface area contributed by atoms with Crippen LogP contribution in [0.15, 0.2) is 33.4 Å². The van der Waals surface area contributed by atoms with Crippen LogP contribution in [0.25, 0.3) is 11.5 Å². The zero-order chi connectivity index (χ0) is 13.0. The van der Waals surface area contributed by atoms with Crippen LogP contribution in [0.4, 0.5) is 0 Å². The van der Waals surface area contributed by atoms with Gasteiger partial charge in [-0.05, 0) is 53.8 Å². The van der Waals surface area contributed by atoms with Gasteiger partial charge in [-0.15, -0.1) is 0 Å². The van der Waals surface area contributed by atoms with Gasteiger partial charge in [-0.3, -0.25) is 0 Å². The van der Waals surface area contributed by atoms with Gasteiger partial charge in [-0.1, -0.05) is 22.9 Å². The molecular formula is C13H14BrIN2O. The van der Waals surface area contributed by atoms with E-state index in [-0.39, 0.29) is 0 Å². The topological polar surface area (TPSA) is 38.1 Å². The van der Waals surface area contributed by atoms with E-state index in [9.17, 15) is 0 Å². The Labute approximate surface area is 129 Å². The first-order chi connectivity index (χ1) is 8.70. The van der Waals surface area contributed by atoms with Crippen LogP contribution in [0, 0.1) is 3.57 Å². The molecule has 1 N–H and O–H groups in total. The van der Waals surface area contributed by atoms with Gasteiger partial charge in [-0.2, -0.15) is 0 Å². The van der Waals surface area contributed by atoms with Crippen LogP contribution in [-0.4, -0.2) is 11.5 Å². The lowest BCUT2D eigenvalue weighted by molar-refractivity contribution is 0.569. The third kappa shape index (κ3) is 3.55. The maximum atomic E-state index is 5.54. The van der Waals surface area contributed by atoms with Crippen molar-refractivity contribution in [2.24, 2.45) is 0 Å². The summed E-state index contributed by atoms with van der Waals surface area (Å²) >= 11 is 5.75. The van der Waals surface area contributed by atoms with Crippen molar-refractivity contribution < 1.29 is 4.42 Å². The minimum Gasteiger partial charge on any atom is -0.444 e. The second-order valence-electron chi connectivity index (χ2n) is 3.94. The molecule has 0 saturated carbocycles. The summed E-state index contributed by atoms with van der Waals surface area (Å²) < 4.78 is 7.70. The standard InChI is InChI=1S/C13H14BrIN2O/c1-2-5-16-7-10-8-18-13(17-10)11-6-9(14)3-4-12(11)15/h3-4,6,8,16H,2,5,7H2,1H3. The number of nitrogens with zero attached hydrogens (tertiary/aromatic N) is 1. The smallest absolute Gasteiger partial charge is 0.227 e. The van der Waals surface area contributed by atoms with Crippen LogP contribution in [-0.2, 0) is 6.54 Å². The van der Waals surface area contributed by atoms with Crippen molar-refractivity contribution in [3.63, 3.8) is 0 Å². The monoisotopic (exact) mass is 420 g/mol. The number of hydrogen-bond acceptors (Lipinski definition) is 3. The summed E-state index contributed by atoms with van der Waals surface area (Å²) in [7, 11) is 0. The summed E-state index contributed by atoms with van der Waals surface area (Å²) in [4.78, 5) is 4.50. The second kappa shape index (κ2) is 6.68. The summed E-state index contributed by atoms with van der Waals surface area (Å²) in [5.41, 5.74) is 1.96. The molecule has 0 radical (unpaired) electrons. The Bertz CT molecular complexity index is 527. The van der Waals surface area contributed by atoms with E-state index in [4.69, 9.17) is 4.42 Å². The molecule has 0 atom stereocenters. The van der Waals surface area contributed by atoms with Gasteiger partial charge in [0.05, 0.1) is 11.3 Å². The van der Waals surface area contributed by atoms with Crippen LogP contribution in [0.5, 0.6) is 0 Å². The zero-order valence-electron chi connectivity index (χ0n) is 10.0. The van der Waals surface area contributed by atoms with Crippen molar-refractivity contribution in [2.45, 2.75) is 19.9 Å². The number of nitrogens with one attached hydrogen (secondary N) is 1. The Balaban J connectivity index is 2.16. The van der Waals surface area contributed by atoms with E-state index in [0.717, 1.165) is 38.8 Å². The van der Waals surface area contributed by atoms with E-state index in [0.29, 0.717) is 5.89 Å². The first kappa shape index (κ1) is 14.0. The molecule has 5 heteroatoms. The summed E-state index contributed by atoms with van der Waals surface area (Å²) in [6, 6.07) is 6.08. The van der Waals surface area contributed by atoms with E-state index >= 15 is 0 Å². The summed E-state index contributed by atoms with van der Waals surface area (Å²) in [6.45, 7) is 3.89. The molecule has 0 bridgehead atoms. The van der Waals surface area contributed by atoms with Gasteiger partial charge in [0.1, 0.15) is 6.26 Å². The molecule has 0 aliphatic heterocycles. The molecule has 1 aromatic heterocycles. The first-order valence-corrected chi connectivity index (χ1v) is 7.68. The SMILES string of the molecule is CCCNCc1coc(-c2cc(Br)ccc2I)n1. The number of benzene rings is 1. The molecule has 18 heavy (non-hydrogen) atoms.